The zero-order valence-corrected chi connectivity index (χ0v) is 12.2. The van der Waals surface area contributed by atoms with Crippen molar-refractivity contribution in [1.82, 2.24) is 5.32 Å². The number of carbonyl (C=O) groups excluding carboxylic acids is 1. The molecule has 0 saturated heterocycles. The van der Waals surface area contributed by atoms with Crippen LogP contribution in [-0.4, -0.2) is 22.5 Å². The van der Waals surface area contributed by atoms with E-state index in [0.29, 0.717) is 18.8 Å². The molecule has 0 radical (unpaired) electrons. The highest BCUT2D eigenvalue weighted by atomic mass is 16.4. The second-order valence-electron chi connectivity index (χ2n) is 6.52. The fourth-order valence-corrected chi connectivity index (χ4v) is 3.28. The number of amides is 1. The molecule has 0 bridgehead atoms. The predicted octanol–water partition coefficient (Wildman–Crippen LogP) is 2.53. The minimum absolute atomic E-state index is 0.105. The van der Waals surface area contributed by atoms with Gasteiger partial charge in [0.2, 0.25) is 5.91 Å². The van der Waals surface area contributed by atoms with Crippen LogP contribution < -0.4 is 5.32 Å². The summed E-state index contributed by atoms with van der Waals surface area (Å²) in [7, 11) is 0. The lowest BCUT2D eigenvalue weighted by molar-refractivity contribution is -0.150. The Kier molecular flexibility index (Phi) is 3.51. The number of aliphatic carboxylic acids is 1. The molecule has 1 aromatic rings. The second-order valence-corrected chi connectivity index (χ2v) is 6.52. The molecule has 5 heteroatoms. The standard InChI is InChI=1S/C16H21NO4/c1-10-4-6-16(7-5-10,15(19)20)17-14(18)12-9-11(12)13-3-2-8-21-13/h2-3,8,10-12H,4-7,9H2,1H3,(H,17,18)(H,19,20). The van der Waals surface area contributed by atoms with Crippen molar-refractivity contribution < 1.29 is 19.1 Å². The number of carboxylic acid groups (broad SMARTS) is 1. The van der Waals surface area contributed by atoms with Crippen molar-refractivity contribution >= 4 is 11.9 Å². The zero-order valence-electron chi connectivity index (χ0n) is 12.2. The summed E-state index contributed by atoms with van der Waals surface area (Å²) >= 11 is 0. The maximum absolute atomic E-state index is 12.4. The third kappa shape index (κ3) is 2.69. The molecule has 2 aliphatic rings. The van der Waals surface area contributed by atoms with Crippen LogP contribution in [0.25, 0.3) is 0 Å². The average Bonchev–Trinajstić information content (AvgIpc) is 3.08. The van der Waals surface area contributed by atoms with E-state index in [1.54, 1.807) is 6.26 Å². The van der Waals surface area contributed by atoms with Crippen LogP contribution in [0, 0.1) is 11.8 Å². The van der Waals surface area contributed by atoms with Gasteiger partial charge in [-0.1, -0.05) is 6.92 Å². The number of hydrogen-bond donors (Lipinski definition) is 2. The maximum Gasteiger partial charge on any atom is 0.329 e. The Morgan fingerprint density at radius 2 is 2.10 bits per heavy atom. The van der Waals surface area contributed by atoms with Crippen LogP contribution in [0.1, 0.15) is 50.7 Å². The summed E-state index contributed by atoms with van der Waals surface area (Å²) in [6, 6.07) is 3.68. The van der Waals surface area contributed by atoms with Crippen molar-refractivity contribution in [2.45, 2.75) is 50.5 Å². The highest BCUT2D eigenvalue weighted by Crippen LogP contribution is 2.48. The minimum atomic E-state index is -1.07. The number of furan rings is 1. The van der Waals surface area contributed by atoms with E-state index in [4.69, 9.17) is 4.42 Å². The van der Waals surface area contributed by atoms with Gasteiger partial charge in [0.05, 0.1) is 6.26 Å². The van der Waals surface area contributed by atoms with E-state index in [1.807, 2.05) is 12.1 Å². The largest absolute Gasteiger partial charge is 0.480 e. The lowest BCUT2D eigenvalue weighted by atomic mass is 9.77. The molecule has 0 spiro atoms. The van der Waals surface area contributed by atoms with Gasteiger partial charge in [-0.25, -0.2) is 4.79 Å². The molecule has 114 valence electrons. The quantitative estimate of drug-likeness (QED) is 0.893. The van der Waals surface area contributed by atoms with Crippen LogP contribution in [0.2, 0.25) is 0 Å². The van der Waals surface area contributed by atoms with Gasteiger partial charge < -0.3 is 14.8 Å². The second kappa shape index (κ2) is 5.20. The Labute approximate surface area is 123 Å². The van der Waals surface area contributed by atoms with Crippen molar-refractivity contribution in [3.8, 4) is 0 Å². The first kappa shape index (κ1) is 14.2. The van der Waals surface area contributed by atoms with Gasteiger partial charge in [-0.3, -0.25) is 4.79 Å². The molecule has 2 N–H and O–H groups in total. The first-order valence-electron chi connectivity index (χ1n) is 7.61. The molecule has 2 unspecified atom stereocenters. The molecule has 2 saturated carbocycles. The van der Waals surface area contributed by atoms with Gasteiger partial charge in [0, 0.05) is 11.8 Å². The third-order valence-electron chi connectivity index (χ3n) is 4.94. The summed E-state index contributed by atoms with van der Waals surface area (Å²) in [5.41, 5.74) is -1.07. The van der Waals surface area contributed by atoms with E-state index in [9.17, 15) is 14.7 Å². The van der Waals surface area contributed by atoms with Crippen molar-refractivity contribution in [3.05, 3.63) is 24.2 Å². The molecule has 2 aliphatic carbocycles. The number of rotatable bonds is 4. The van der Waals surface area contributed by atoms with Gasteiger partial charge in [0.25, 0.3) is 0 Å². The van der Waals surface area contributed by atoms with Crippen molar-refractivity contribution in [1.29, 1.82) is 0 Å². The van der Waals surface area contributed by atoms with Crippen molar-refractivity contribution in [2.75, 3.05) is 0 Å². The molecule has 0 aromatic carbocycles. The normalized spacial score (nSPS) is 35.2. The molecule has 5 nitrogen and oxygen atoms in total. The number of carbonyl (C=O) groups is 2. The first-order chi connectivity index (χ1) is 10.0. The van der Waals surface area contributed by atoms with Crippen LogP contribution in [0.4, 0.5) is 0 Å². The molecular weight excluding hydrogens is 270 g/mol. The van der Waals surface area contributed by atoms with Crippen LogP contribution in [0.15, 0.2) is 22.8 Å². The SMILES string of the molecule is CC1CCC(NC(=O)C2CC2c2ccco2)(C(=O)O)CC1. The molecule has 2 fully saturated rings. The molecular formula is C16H21NO4. The number of carboxylic acids is 1. The van der Waals surface area contributed by atoms with Gasteiger partial charge >= 0.3 is 5.97 Å². The summed E-state index contributed by atoms with van der Waals surface area (Å²) in [6.45, 7) is 2.13. The lowest BCUT2D eigenvalue weighted by Crippen LogP contribution is -2.56. The predicted molar refractivity (Wildman–Crippen MR) is 75.7 cm³/mol. The molecule has 3 rings (SSSR count). The van der Waals surface area contributed by atoms with Crippen molar-refractivity contribution in [2.24, 2.45) is 11.8 Å². The van der Waals surface area contributed by atoms with Crippen LogP contribution in [0.5, 0.6) is 0 Å². The minimum Gasteiger partial charge on any atom is -0.480 e. The summed E-state index contributed by atoms with van der Waals surface area (Å²) in [5.74, 6) is 0.259. The Hall–Kier alpha value is -1.78. The van der Waals surface area contributed by atoms with Crippen molar-refractivity contribution in [3.63, 3.8) is 0 Å². The topological polar surface area (TPSA) is 79.5 Å². The van der Waals surface area contributed by atoms with Gasteiger partial charge in [-0.05, 0) is 50.2 Å². The molecule has 21 heavy (non-hydrogen) atoms. The first-order valence-corrected chi connectivity index (χ1v) is 7.61. The Balaban J connectivity index is 1.64. The monoisotopic (exact) mass is 291 g/mol. The van der Waals surface area contributed by atoms with Gasteiger partial charge in [0.15, 0.2) is 0 Å². The fraction of sp³-hybridized carbons (Fsp3) is 0.625. The molecule has 1 amide bonds. The zero-order chi connectivity index (χ0) is 15.0. The highest BCUT2D eigenvalue weighted by Gasteiger charge is 2.50. The molecule has 1 heterocycles. The lowest BCUT2D eigenvalue weighted by Gasteiger charge is -2.36. The molecule has 0 aliphatic heterocycles. The Morgan fingerprint density at radius 1 is 1.38 bits per heavy atom. The molecule has 2 atom stereocenters. The molecule has 1 aromatic heterocycles. The number of hydrogen-bond acceptors (Lipinski definition) is 3. The Morgan fingerprint density at radius 3 is 2.67 bits per heavy atom. The van der Waals surface area contributed by atoms with E-state index >= 15 is 0 Å². The van der Waals surface area contributed by atoms with E-state index in [0.717, 1.165) is 25.0 Å². The third-order valence-corrected chi connectivity index (χ3v) is 4.94. The van der Waals surface area contributed by atoms with Gasteiger partial charge in [0.1, 0.15) is 11.3 Å². The summed E-state index contributed by atoms with van der Waals surface area (Å²) < 4.78 is 5.32. The maximum atomic E-state index is 12.4. The smallest absolute Gasteiger partial charge is 0.329 e. The van der Waals surface area contributed by atoms with Crippen LogP contribution in [0.3, 0.4) is 0 Å². The van der Waals surface area contributed by atoms with E-state index < -0.39 is 11.5 Å². The van der Waals surface area contributed by atoms with Gasteiger partial charge in [-0.2, -0.15) is 0 Å². The van der Waals surface area contributed by atoms with Crippen LogP contribution in [-0.2, 0) is 9.59 Å². The number of nitrogens with one attached hydrogen (secondary N) is 1. The van der Waals surface area contributed by atoms with E-state index in [2.05, 4.69) is 12.2 Å². The van der Waals surface area contributed by atoms with Crippen LogP contribution >= 0.6 is 0 Å². The van der Waals surface area contributed by atoms with Gasteiger partial charge in [-0.15, -0.1) is 0 Å². The van der Waals surface area contributed by atoms with E-state index in [-0.39, 0.29) is 17.7 Å². The average molecular weight is 291 g/mol. The fourth-order valence-electron chi connectivity index (χ4n) is 3.28. The summed E-state index contributed by atoms with van der Waals surface area (Å²) in [6.07, 6.45) is 5.08. The summed E-state index contributed by atoms with van der Waals surface area (Å²) in [4.78, 5) is 24.0. The van der Waals surface area contributed by atoms with E-state index in [1.165, 1.54) is 0 Å². The highest BCUT2D eigenvalue weighted by molar-refractivity contribution is 5.90. The summed E-state index contributed by atoms with van der Waals surface area (Å²) in [5, 5.41) is 12.4. The Bertz CT molecular complexity index is 528.